The Bertz CT molecular complexity index is 725. The van der Waals surface area contributed by atoms with Crippen LogP contribution < -0.4 is 14.8 Å². The first-order chi connectivity index (χ1) is 12.3. The first-order valence-electron chi connectivity index (χ1n) is 9.22. The highest BCUT2D eigenvalue weighted by Crippen LogP contribution is 2.38. The van der Waals surface area contributed by atoms with E-state index in [1.54, 1.807) is 7.11 Å². The number of hydrogen-bond donors (Lipinski definition) is 1. The number of rotatable bonds is 7. The Kier molecular flexibility index (Phi) is 4.72. The fourth-order valence-electron chi connectivity index (χ4n) is 3.30. The zero-order valence-electron chi connectivity index (χ0n) is 14.7. The van der Waals surface area contributed by atoms with Gasteiger partial charge in [-0.1, -0.05) is 0 Å². The molecule has 2 aliphatic carbocycles. The summed E-state index contributed by atoms with van der Waals surface area (Å²) in [4.78, 5) is 9.00. The summed E-state index contributed by atoms with van der Waals surface area (Å²) in [5.41, 5.74) is 1.12. The molecule has 1 N–H and O–H groups in total. The highest BCUT2D eigenvalue weighted by molar-refractivity contribution is 5.44. The van der Waals surface area contributed by atoms with Crippen LogP contribution in [-0.4, -0.2) is 23.2 Å². The van der Waals surface area contributed by atoms with Crippen LogP contribution in [0.5, 0.6) is 11.5 Å². The van der Waals surface area contributed by atoms with Gasteiger partial charge in [-0.05, 0) is 56.7 Å². The average Bonchev–Trinajstić information content (AvgIpc) is 3.38. The molecule has 2 fully saturated rings. The van der Waals surface area contributed by atoms with Crippen molar-refractivity contribution in [2.45, 2.75) is 57.1 Å². The summed E-state index contributed by atoms with van der Waals surface area (Å²) in [6.07, 6.45) is 9.38. The van der Waals surface area contributed by atoms with Gasteiger partial charge in [-0.2, -0.15) is 0 Å². The van der Waals surface area contributed by atoms with Gasteiger partial charge >= 0.3 is 0 Å². The molecule has 2 aromatic rings. The standard InChI is InChI=1S/C20H25N3O2/c1-24-17-9-8-15(18(12-17)25-16-4-2-3-5-16)13-22-19-10-11-21-20(23-19)14-6-7-14/h8-12,14,16H,2-7,13H2,1H3,(H,21,22,23). The molecule has 0 atom stereocenters. The highest BCUT2D eigenvalue weighted by atomic mass is 16.5. The monoisotopic (exact) mass is 339 g/mol. The summed E-state index contributed by atoms with van der Waals surface area (Å²) in [7, 11) is 1.69. The SMILES string of the molecule is COc1ccc(CNc2ccnc(C3CC3)n2)c(OC2CCCC2)c1. The maximum absolute atomic E-state index is 6.26. The maximum Gasteiger partial charge on any atom is 0.133 e. The number of methoxy groups -OCH3 is 1. The van der Waals surface area contributed by atoms with Crippen LogP contribution in [0.1, 0.15) is 55.8 Å². The van der Waals surface area contributed by atoms with Crippen molar-refractivity contribution in [3.05, 3.63) is 41.9 Å². The van der Waals surface area contributed by atoms with Gasteiger partial charge in [-0.25, -0.2) is 9.97 Å². The summed E-state index contributed by atoms with van der Waals surface area (Å²) < 4.78 is 11.6. The van der Waals surface area contributed by atoms with E-state index in [2.05, 4.69) is 21.4 Å². The molecular formula is C20H25N3O2. The zero-order valence-corrected chi connectivity index (χ0v) is 14.7. The van der Waals surface area contributed by atoms with E-state index in [9.17, 15) is 0 Å². The molecule has 2 aliphatic rings. The van der Waals surface area contributed by atoms with Crippen molar-refractivity contribution in [3.8, 4) is 11.5 Å². The molecule has 1 aromatic carbocycles. The molecule has 25 heavy (non-hydrogen) atoms. The van der Waals surface area contributed by atoms with Gasteiger partial charge in [0.15, 0.2) is 0 Å². The second kappa shape index (κ2) is 7.30. The molecule has 2 saturated carbocycles. The largest absolute Gasteiger partial charge is 0.497 e. The lowest BCUT2D eigenvalue weighted by atomic mass is 10.1. The quantitative estimate of drug-likeness (QED) is 0.815. The van der Waals surface area contributed by atoms with Crippen LogP contribution in [0.15, 0.2) is 30.5 Å². The van der Waals surface area contributed by atoms with Crippen LogP contribution in [0.2, 0.25) is 0 Å². The van der Waals surface area contributed by atoms with Crippen LogP contribution in [0.3, 0.4) is 0 Å². The smallest absolute Gasteiger partial charge is 0.133 e. The van der Waals surface area contributed by atoms with E-state index in [0.717, 1.165) is 41.5 Å². The molecule has 5 heteroatoms. The number of ether oxygens (including phenoxy) is 2. The minimum absolute atomic E-state index is 0.325. The second-order valence-corrected chi connectivity index (χ2v) is 6.93. The van der Waals surface area contributed by atoms with Crippen molar-refractivity contribution >= 4 is 5.82 Å². The van der Waals surface area contributed by atoms with Crippen LogP contribution in [0, 0.1) is 0 Å². The third-order valence-corrected chi connectivity index (χ3v) is 4.95. The summed E-state index contributed by atoms with van der Waals surface area (Å²) >= 11 is 0. The summed E-state index contributed by atoms with van der Waals surface area (Å²) in [6, 6.07) is 7.96. The molecule has 5 nitrogen and oxygen atoms in total. The average molecular weight is 339 g/mol. The van der Waals surface area contributed by atoms with Gasteiger partial charge in [0.05, 0.1) is 13.2 Å². The lowest BCUT2D eigenvalue weighted by Gasteiger charge is -2.18. The molecule has 0 radical (unpaired) electrons. The Labute approximate surface area is 148 Å². The Balaban J connectivity index is 1.47. The van der Waals surface area contributed by atoms with Gasteiger partial charge in [-0.15, -0.1) is 0 Å². The Hall–Kier alpha value is -2.30. The molecule has 1 aromatic heterocycles. The van der Waals surface area contributed by atoms with Crippen molar-refractivity contribution in [2.24, 2.45) is 0 Å². The summed E-state index contributed by atoms with van der Waals surface area (Å²) in [5.74, 6) is 4.13. The molecule has 0 unspecified atom stereocenters. The van der Waals surface area contributed by atoms with Crippen molar-refractivity contribution in [1.82, 2.24) is 9.97 Å². The molecular weight excluding hydrogens is 314 g/mol. The molecule has 0 bridgehead atoms. The number of aromatic nitrogens is 2. The van der Waals surface area contributed by atoms with Crippen LogP contribution >= 0.6 is 0 Å². The third-order valence-electron chi connectivity index (χ3n) is 4.95. The molecule has 132 valence electrons. The number of nitrogens with zero attached hydrogens (tertiary/aromatic N) is 2. The Morgan fingerprint density at radius 2 is 1.96 bits per heavy atom. The lowest BCUT2D eigenvalue weighted by molar-refractivity contribution is 0.207. The first kappa shape index (κ1) is 16.2. The van der Waals surface area contributed by atoms with Gasteiger partial charge < -0.3 is 14.8 Å². The van der Waals surface area contributed by atoms with Gasteiger partial charge in [0, 0.05) is 30.3 Å². The predicted octanol–water partition coefficient (Wildman–Crippen LogP) is 4.30. The third kappa shape index (κ3) is 4.03. The van der Waals surface area contributed by atoms with Gasteiger partial charge in [0.25, 0.3) is 0 Å². The van der Waals surface area contributed by atoms with Crippen molar-refractivity contribution in [3.63, 3.8) is 0 Å². The Morgan fingerprint density at radius 3 is 2.72 bits per heavy atom. The first-order valence-corrected chi connectivity index (χ1v) is 9.22. The van der Waals surface area contributed by atoms with Crippen LogP contribution in [0.25, 0.3) is 0 Å². The molecule has 0 saturated heterocycles. The van der Waals surface area contributed by atoms with E-state index in [1.807, 2.05) is 24.4 Å². The van der Waals surface area contributed by atoms with Crippen LogP contribution in [-0.2, 0) is 6.54 Å². The Morgan fingerprint density at radius 1 is 1.12 bits per heavy atom. The maximum atomic E-state index is 6.26. The van der Waals surface area contributed by atoms with Gasteiger partial charge in [0.2, 0.25) is 0 Å². The summed E-state index contributed by atoms with van der Waals surface area (Å²) in [6.45, 7) is 0.674. The topological polar surface area (TPSA) is 56.3 Å². The molecule has 0 amide bonds. The van der Waals surface area contributed by atoms with E-state index in [-0.39, 0.29) is 0 Å². The molecule has 4 rings (SSSR count). The fourth-order valence-corrected chi connectivity index (χ4v) is 3.30. The second-order valence-electron chi connectivity index (χ2n) is 6.93. The number of benzene rings is 1. The summed E-state index contributed by atoms with van der Waals surface area (Å²) in [5, 5.41) is 3.41. The van der Waals surface area contributed by atoms with Crippen LogP contribution in [0.4, 0.5) is 5.82 Å². The van der Waals surface area contributed by atoms with E-state index in [4.69, 9.17) is 9.47 Å². The van der Waals surface area contributed by atoms with Crippen molar-refractivity contribution in [2.75, 3.05) is 12.4 Å². The fraction of sp³-hybridized carbons (Fsp3) is 0.500. The zero-order chi connectivity index (χ0) is 17.1. The van der Waals surface area contributed by atoms with Gasteiger partial charge in [0.1, 0.15) is 23.1 Å². The normalized spacial score (nSPS) is 17.5. The lowest BCUT2D eigenvalue weighted by Crippen LogP contribution is -2.13. The van der Waals surface area contributed by atoms with Crippen molar-refractivity contribution < 1.29 is 9.47 Å². The molecule has 1 heterocycles. The molecule has 0 aliphatic heterocycles. The number of hydrogen-bond acceptors (Lipinski definition) is 5. The molecule has 0 spiro atoms. The van der Waals surface area contributed by atoms with Crippen molar-refractivity contribution in [1.29, 1.82) is 0 Å². The minimum atomic E-state index is 0.325. The van der Waals surface area contributed by atoms with Gasteiger partial charge in [-0.3, -0.25) is 0 Å². The highest BCUT2D eigenvalue weighted by Gasteiger charge is 2.26. The number of nitrogens with one attached hydrogen (secondary N) is 1. The minimum Gasteiger partial charge on any atom is -0.497 e. The van der Waals surface area contributed by atoms with E-state index in [1.165, 1.54) is 25.7 Å². The number of anilines is 1. The van der Waals surface area contributed by atoms with E-state index >= 15 is 0 Å². The predicted molar refractivity (Wildman–Crippen MR) is 97.2 cm³/mol. The van der Waals surface area contributed by atoms with E-state index in [0.29, 0.717) is 18.6 Å². The van der Waals surface area contributed by atoms with E-state index < -0.39 is 0 Å².